The van der Waals surface area contributed by atoms with Gasteiger partial charge in [0.15, 0.2) is 0 Å². The number of hydrogen-bond acceptors (Lipinski definition) is 10. The second kappa shape index (κ2) is 23.0. The maximum atomic E-state index is 9.97. The molecule has 0 spiro atoms. The Bertz CT molecular complexity index is 436. The van der Waals surface area contributed by atoms with Crippen LogP contribution in [0.3, 0.4) is 0 Å². The summed E-state index contributed by atoms with van der Waals surface area (Å²) >= 11 is 0. The van der Waals surface area contributed by atoms with E-state index < -0.39 is 29.3 Å². The Morgan fingerprint density at radius 3 is 1.06 bits per heavy atom. The van der Waals surface area contributed by atoms with Crippen LogP contribution >= 0.6 is 0 Å². The fourth-order valence-electron chi connectivity index (χ4n) is 3.68. The minimum absolute atomic E-state index is 0.172. The Kier molecular flexibility index (Phi) is 23.0. The van der Waals surface area contributed by atoms with E-state index in [4.69, 9.17) is 36.7 Å². The summed E-state index contributed by atoms with van der Waals surface area (Å²) in [4.78, 5) is 0. The number of rotatable bonds is 27. The molecule has 0 aliphatic heterocycles. The van der Waals surface area contributed by atoms with Crippen LogP contribution in [0.2, 0.25) is 25.2 Å². The maximum absolute atomic E-state index is 9.97. The molecular weight excluding hydrogens is 504 g/mol. The van der Waals surface area contributed by atoms with Crippen LogP contribution in [-0.4, -0.2) is 119 Å². The van der Waals surface area contributed by atoms with Gasteiger partial charge in [-0.15, -0.1) is 0 Å². The van der Waals surface area contributed by atoms with Crippen LogP contribution in [0.25, 0.3) is 0 Å². The first-order valence-corrected chi connectivity index (χ1v) is 18.5. The second-order valence-electron chi connectivity index (χ2n) is 8.81. The molecule has 0 aliphatic rings. The van der Waals surface area contributed by atoms with Crippen molar-refractivity contribution in [3.05, 3.63) is 0 Å². The summed E-state index contributed by atoms with van der Waals surface area (Å²) in [5.74, 6) is 0. The van der Waals surface area contributed by atoms with Gasteiger partial charge in [0, 0.05) is 39.6 Å². The molecule has 218 valence electrons. The van der Waals surface area contributed by atoms with Gasteiger partial charge in [0.1, 0.15) is 12.2 Å². The van der Waals surface area contributed by atoms with E-state index in [0.717, 1.165) is 24.9 Å². The van der Waals surface area contributed by atoms with Crippen LogP contribution in [0.1, 0.15) is 40.5 Å². The standard InChI is InChI=1S/C24H54O10Si2/c1-7-31-35(5,32-8-2)17-11-13-27-19-23(25)21-29-15-16-30-22-24(26)20-28-14-12-18-36(6,33-9-3)34-10-4/h23-26H,7-22H2,1-6H3. The van der Waals surface area contributed by atoms with Crippen LogP contribution < -0.4 is 0 Å². The van der Waals surface area contributed by atoms with Gasteiger partial charge in [0.25, 0.3) is 0 Å². The minimum Gasteiger partial charge on any atom is -0.395 e. The molecule has 0 saturated carbocycles. The molecule has 0 bridgehead atoms. The van der Waals surface area contributed by atoms with Crippen LogP contribution in [-0.2, 0) is 36.7 Å². The van der Waals surface area contributed by atoms with Crippen molar-refractivity contribution in [2.75, 3.05) is 79.3 Å². The molecule has 0 aromatic heterocycles. The lowest BCUT2D eigenvalue weighted by Gasteiger charge is -2.25. The molecule has 36 heavy (non-hydrogen) atoms. The monoisotopic (exact) mass is 558 g/mol. The first kappa shape index (κ1) is 36.0. The van der Waals surface area contributed by atoms with Gasteiger partial charge in [-0.3, -0.25) is 0 Å². The zero-order valence-electron chi connectivity index (χ0n) is 23.6. The van der Waals surface area contributed by atoms with E-state index in [-0.39, 0.29) is 26.4 Å². The number of aliphatic hydroxyl groups is 2. The smallest absolute Gasteiger partial charge is 0.334 e. The lowest BCUT2D eigenvalue weighted by Crippen LogP contribution is -2.39. The lowest BCUT2D eigenvalue weighted by atomic mass is 10.4. The quantitative estimate of drug-likeness (QED) is 0.115. The summed E-state index contributed by atoms with van der Waals surface area (Å²) in [5, 5.41) is 19.9. The van der Waals surface area contributed by atoms with Crippen molar-refractivity contribution in [2.24, 2.45) is 0 Å². The Morgan fingerprint density at radius 1 is 0.500 bits per heavy atom. The fraction of sp³-hybridized carbons (Fsp3) is 1.00. The van der Waals surface area contributed by atoms with Crippen LogP contribution in [0.5, 0.6) is 0 Å². The lowest BCUT2D eigenvalue weighted by molar-refractivity contribution is -0.0504. The van der Waals surface area contributed by atoms with E-state index in [9.17, 15) is 10.2 Å². The van der Waals surface area contributed by atoms with Crippen molar-refractivity contribution in [3.63, 3.8) is 0 Å². The third-order valence-corrected chi connectivity index (χ3v) is 11.4. The van der Waals surface area contributed by atoms with E-state index in [1.165, 1.54) is 0 Å². The third kappa shape index (κ3) is 20.1. The molecule has 2 atom stereocenters. The third-order valence-electron chi connectivity index (χ3n) is 5.25. The Morgan fingerprint density at radius 2 is 0.778 bits per heavy atom. The number of ether oxygens (including phenoxy) is 4. The van der Waals surface area contributed by atoms with Gasteiger partial charge in [-0.25, -0.2) is 0 Å². The molecular formula is C24H54O10Si2. The van der Waals surface area contributed by atoms with Crippen molar-refractivity contribution < 1.29 is 46.9 Å². The van der Waals surface area contributed by atoms with Crippen LogP contribution in [0.4, 0.5) is 0 Å². The van der Waals surface area contributed by atoms with Crippen molar-refractivity contribution >= 4 is 17.1 Å². The van der Waals surface area contributed by atoms with Crippen molar-refractivity contribution in [3.8, 4) is 0 Å². The predicted octanol–water partition coefficient (Wildman–Crippen LogP) is 2.84. The first-order chi connectivity index (χ1) is 17.2. The zero-order valence-corrected chi connectivity index (χ0v) is 25.6. The van der Waals surface area contributed by atoms with Gasteiger partial charge in [-0.1, -0.05) is 0 Å². The van der Waals surface area contributed by atoms with Crippen LogP contribution in [0, 0.1) is 0 Å². The summed E-state index contributed by atoms with van der Waals surface area (Å²) in [6.45, 7) is 17.2. The summed E-state index contributed by atoms with van der Waals surface area (Å²) in [7, 11) is -4.22. The second-order valence-corrected chi connectivity index (χ2v) is 15.5. The number of hydrogen-bond donors (Lipinski definition) is 2. The molecule has 12 heteroatoms. The highest BCUT2D eigenvalue weighted by atomic mass is 28.4. The Hall–Kier alpha value is 0.0338. The summed E-state index contributed by atoms with van der Waals surface area (Å²) < 4.78 is 45.1. The molecule has 0 aromatic rings. The molecule has 0 aliphatic carbocycles. The molecule has 2 N–H and O–H groups in total. The first-order valence-electron chi connectivity index (χ1n) is 13.5. The van der Waals surface area contributed by atoms with Gasteiger partial charge in [-0.2, -0.15) is 0 Å². The highest BCUT2D eigenvalue weighted by molar-refractivity contribution is 6.66. The number of aliphatic hydroxyl groups excluding tert-OH is 2. The molecule has 0 saturated heterocycles. The highest BCUT2D eigenvalue weighted by Gasteiger charge is 2.30. The van der Waals surface area contributed by atoms with E-state index in [2.05, 4.69) is 13.1 Å². The topological polar surface area (TPSA) is 114 Å². The minimum atomic E-state index is -2.11. The van der Waals surface area contributed by atoms with Crippen molar-refractivity contribution in [1.82, 2.24) is 0 Å². The average Bonchev–Trinajstić information content (AvgIpc) is 2.81. The molecule has 0 aromatic carbocycles. The zero-order chi connectivity index (χ0) is 27.1. The highest BCUT2D eigenvalue weighted by Crippen LogP contribution is 2.16. The van der Waals surface area contributed by atoms with Gasteiger partial charge >= 0.3 is 17.1 Å². The molecule has 0 amide bonds. The fourth-order valence-corrected chi connectivity index (χ4v) is 8.44. The van der Waals surface area contributed by atoms with E-state index in [0.29, 0.717) is 52.9 Å². The van der Waals surface area contributed by atoms with Crippen molar-refractivity contribution in [2.45, 2.75) is 77.9 Å². The molecule has 0 rings (SSSR count). The largest absolute Gasteiger partial charge is 0.395 e. The van der Waals surface area contributed by atoms with E-state index in [1.807, 2.05) is 27.7 Å². The summed E-state index contributed by atoms with van der Waals surface area (Å²) in [5.41, 5.74) is 0. The molecule has 2 unspecified atom stereocenters. The molecule has 0 radical (unpaired) electrons. The Balaban J connectivity index is 3.66. The summed E-state index contributed by atoms with van der Waals surface area (Å²) in [6, 6.07) is 1.72. The normalized spacial score (nSPS) is 14.3. The maximum Gasteiger partial charge on any atom is 0.334 e. The van der Waals surface area contributed by atoms with Gasteiger partial charge in [0.05, 0.1) is 39.6 Å². The van der Waals surface area contributed by atoms with E-state index >= 15 is 0 Å². The van der Waals surface area contributed by atoms with Gasteiger partial charge in [-0.05, 0) is 65.7 Å². The van der Waals surface area contributed by atoms with Gasteiger partial charge in [0.2, 0.25) is 0 Å². The molecule has 0 heterocycles. The van der Waals surface area contributed by atoms with E-state index in [1.54, 1.807) is 0 Å². The average molecular weight is 559 g/mol. The van der Waals surface area contributed by atoms with Gasteiger partial charge < -0.3 is 46.9 Å². The molecule has 0 fully saturated rings. The molecule has 10 nitrogen and oxygen atoms in total. The Labute approximate surface area is 221 Å². The SMILES string of the molecule is CCO[Si](C)(CCCOCC(O)COCCOCC(O)COCCC[Si](C)(OCC)OCC)OCC. The summed E-state index contributed by atoms with van der Waals surface area (Å²) in [6.07, 6.45) is 0.277. The van der Waals surface area contributed by atoms with Crippen LogP contribution in [0.15, 0.2) is 0 Å². The van der Waals surface area contributed by atoms with Crippen molar-refractivity contribution in [1.29, 1.82) is 0 Å². The predicted molar refractivity (Wildman–Crippen MR) is 144 cm³/mol.